The van der Waals surface area contributed by atoms with Gasteiger partial charge in [0.05, 0.1) is 113 Å². The summed E-state index contributed by atoms with van der Waals surface area (Å²) < 4.78 is 70.7. The summed E-state index contributed by atoms with van der Waals surface area (Å²) in [6.07, 6.45) is 0. The lowest BCUT2D eigenvalue weighted by atomic mass is 10.1. The molecular formula is C71H105N22O19P. The molecule has 8 fully saturated rings. The van der Waals surface area contributed by atoms with Gasteiger partial charge in [-0.2, -0.15) is 34.8 Å². The number of esters is 1. The van der Waals surface area contributed by atoms with E-state index in [9.17, 15) is 24.3 Å². The van der Waals surface area contributed by atoms with Crippen molar-refractivity contribution in [2.24, 2.45) is 5.11 Å². The van der Waals surface area contributed by atoms with Gasteiger partial charge in [0.2, 0.25) is 47.3 Å². The van der Waals surface area contributed by atoms with Crippen LogP contribution in [0.1, 0.15) is 42.7 Å². The number of urea groups is 1. The molecule has 5 aromatic heterocycles. The Labute approximate surface area is 657 Å². The van der Waals surface area contributed by atoms with Crippen LogP contribution >= 0.6 is 9.90 Å². The molecule has 1 aromatic carbocycles. The number of aromatic nitrogens is 9. The normalized spacial score (nSPS) is 17.8. The number of amides is 3. The third kappa shape index (κ3) is 28.0. The highest BCUT2D eigenvalue weighted by Crippen LogP contribution is 2.27. The lowest BCUT2D eigenvalue weighted by Crippen LogP contribution is -2.39. The molecule has 6 aromatic rings. The number of hydrogen-bond donors (Lipinski definition) is 4. The Hall–Kier alpha value is -9.42. The number of ether oxygens (including phenoxy) is 13. The maximum atomic E-state index is 12.8. The number of hydrogen-bond acceptors (Lipinski definition) is 33. The van der Waals surface area contributed by atoms with E-state index in [1.807, 2.05) is 44.7 Å². The summed E-state index contributed by atoms with van der Waals surface area (Å²) in [4.78, 5) is 106. The molecule has 3 amide bonds. The number of carbonyl (C=O) groups is 4. The van der Waals surface area contributed by atoms with Crippen LogP contribution in [0.25, 0.3) is 21.3 Å². The molecule has 8 aliphatic heterocycles. The van der Waals surface area contributed by atoms with Crippen molar-refractivity contribution < 1.29 is 91.3 Å². The van der Waals surface area contributed by atoms with Gasteiger partial charge in [0.1, 0.15) is 37.9 Å². The average molecular weight is 1600 g/mol. The van der Waals surface area contributed by atoms with Crippen LogP contribution in [0, 0.1) is 13.8 Å². The van der Waals surface area contributed by atoms with Crippen molar-refractivity contribution in [1.82, 2.24) is 64.5 Å². The fourth-order valence-corrected chi connectivity index (χ4v) is 12.4. The molecule has 8 saturated heterocycles. The number of carboxylic acids is 1. The molecule has 113 heavy (non-hydrogen) atoms. The fraction of sp³-hybridized carbons (Fsp3) is 0.606. The first-order valence-corrected chi connectivity index (χ1v) is 37.5. The molecule has 1 atom stereocenters. The van der Waals surface area contributed by atoms with Crippen molar-refractivity contribution in [3.05, 3.63) is 81.2 Å². The van der Waals surface area contributed by atoms with Crippen molar-refractivity contribution >= 4 is 80.0 Å². The molecule has 618 valence electrons. The summed E-state index contributed by atoms with van der Waals surface area (Å²) in [6.45, 7) is 31.9. The monoisotopic (exact) mass is 1600 g/mol. The van der Waals surface area contributed by atoms with Crippen molar-refractivity contribution in [2.75, 3.05) is 300 Å². The van der Waals surface area contributed by atoms with Gasteiger partial charge in [-0.25, -0.2) is 29.3 Å². The Bertz CT molecular complexity index is 4000. The first kappa shape index (κ1) is 87.5. The van der Waals surface area contributed by atoms with Gasteiger partial charge < -0.3 is 102 Å². The van der Waals surface area contributed by atoms with Gasteiger partial charge >= 0.3 is 18.0 Å². The Morgan fingerprint density at radius 1 is 0.469 bits per heavy atom. The number of aromatic carboxylic acids is 1. The number of carbonyl (C=O) groups excluding carboxylic acids is 3. The zero-order valence-corrected chi connectivity index (χ0v) is 65.8. The quantitative estimate of drug-likeness (QED) is 0.0209. The molecule has 0 radical (unpaired) electrons. The summed E-state index contributed by atoms with van der Waals surface area (Å²) in [5.74, 6) is 1.11. The van der Waals surface area contributed by atoms with Gasteiger partial charge in [0, 0.05) is 182 Å². The second-order valence-corrected chi connectivity index (χ2v) is 26.2. The Kier molecular flexibility index (Phi) is 36.2. The second kappa shape index (κ2) is 46.7. The first-order valence-electron chi connectivity index (χ1n) is 37.5. The van der Waals surface area contributed by atoms with Gasteiger partial charge in [-0.05, 0) is 48.3 Å². The number of rotatable bonds is 25. The number of methoxy groups -OCH3 is 1. The molecule has 0 spiro atoms. The molecule has 0 saturated carbocycles. The van der Waals surface area contributed by atoms with Crippen LogP contribution in [0.3, 0.4) is 0 Å². The standard InChI is InChI=1S/C25H33N7O4.C16H24N4O5.C15H21N7O4.C15H22N4O5.H2O.H3P/c1-17-18(2)26-21-4-3-19(15-20(17)21)27-25(33)29-22-16-23(36-14-7-31-5-10-34-11-6-31)30-24(28-22)32-8-12-35-13-9-32;1-22-15(21)13-12-14(25-11-4-19-2-7-23-8-3-19)18-16(17-13)20-5-9-24-10-6-20;16-20-19-14(23)12-11-13(26-10-3-21-1-6-24-7-2-21)18-15(17-12)22-4-8-25-9-5-22;20-14(21)12-11-13(24-10-3-18-1-6-22-7-2-18)17-15(16-12)19-4-8-23-9-5-19;;/h3-4,15-16,26H,5-14H2,1-2H3,(H2,27,28,29,30,33);12H,2-11H2,1H3;11H,1-10H2;11H,1-10H2,(H,20,21);1H2;1H3. The van der Waals surface area contributed by atoms with Crippen molar-refractivity contribution in [1.29, 1.82) is 0 Å². The summed E-state index contributed by atoms with van der Waals surface area (Å²) in [5.41, 5.74) is 12.7. The van der Waals surface area contributed by atoms with Crippen molar-refractivity contribution in [3.63, 3.8) is 0 Å². The molecule has 0 aliphatic carbocycles. The van der Waals surface area contributed by atoms with Crippen LogP contribution in [0.2, 0.25) is 0 Å². The minimum absolute atomic E-state index is 0. The number of azide groups is 1. The summed E-state index contributed by atoms with van der Waals surface area (Å²) >= 11 is 0. The minimum Gasteiger partial charge on any atom is -0.477 e. The third-order valence-electron chi connectivity index (χ3n) is 18.8. The maximum absolute atomic E-state index is 12.8. The average Bonchev–Trinajstić information content (AvgIpc) is 1.67. The number of nitrogens with one attached hydrogen (secondary N) is 3. The van der Waals surface area contributed by atoms with E-state index in [2.05, 4.69) is 92.0 Å². The van der Waals surface area contributed by atoms with Crippen LogP contribution < -0.4 is 49.2 Å². The highest BCUT2D eigenvalue weighted by atomic mass is 31.0. The van der Waals surface area contributed by atoms with Crippen LogP contribution in [-0.4, -0.2) is 369 Å². The SMILES string of the molecule is COC(=O)c1cc(OCCN2CCOCC2)nc(N2CCOCC2)n1.Cc1[nH]c2ccc(NC(=O)Nc3cc(OCCN4CCOCC4)nc(N4CCOCC4)n3)cc2c1C.O.O=C(O)c1cc(OCCN2CCOCC2)nc(N2CCOCC2)n1.P.[N-]=[N+]=NC(=O)c1cc(OCCN2CCOCC2)nc(N2CCOCC2)n1. The molecule has 13 heterocycles. The lowest BCUT2D eigenvalue weighted by Gasteiger charge is -2.28. The summed E-state index contributed by atoms with van der Waals surface area (Å²) in [5, 5.41) is 19.2. The van der Waals surface area contributed by atoms with Gasteiger partial charge in [0.25, 0.3) is 5.91 Å². The zero-order valence-electron chi connectivity index (χ0n) is 64.4. The number of H-pyrrole nitrogens is 1. The molecular weight excluding hydrogens is 1500 g/mol. The van der Waals surface area contributed by atoms with Gasteiger partial charge in [-0.15, -0.1) is 0 Å². The molecule has 14 rings (SSSR count). The maximum Gasteiger partial charge on any atom is 0.357 e. The van der Waals surface area contributed by atoms with Crippen LogP contribution in [0.5, 0.6) is 23.5 Å². The van der Waals surface area contributed by atoms with E-state index in [1.165, 1.54) is 30.9 Å². The zero-order chi connectivity index (χ0) is 77.4. The number of anilines is 6. The van der Waals surface area contributed by atoms with Crippen LogP contribution in [-0.2, 0) is 42.6 Å². The molecule has 8 aliphatic rings. The van der Waals surface area contributed by atoms with Crippen LogP contribution in [0.15, 0.2) is 47.6 Å². The number of aromatic amines is 1. The van der Waals surface area contributed by atoms with Crippen molar-refractivity contribution in [2.45, 2.75) is 13.8 Å². The Morgan fingerprint density at radius 3 is 1.18 bits per heavy atom. The highest BCUT2D eigenvalue weighted by molar-refractivity contribution is 6.92. The Morgan fingerprint density at radius 2 is 0.805 bits per heavy atom. The highest BCUT2D eigenvalue weighted by Gasteiger charge is 2.25. The van der Waals surface area contributed by atoms with E-state index in [-0.39, 0.29) is 50.2 Å². The molecule has 6 N–H and O–H groups in total. The fourth-order valence-electron chi connectivity index (χ4n) is 12.4. The number of nitrogens with zero attached hydrogens (tertiary/aromatic N) is 19. The summed E-state index contributed by atoms with van der Waals surface area (Å²) in [7, 11) is 1.33. The van der Waals surface area contributed by atoms with E-state index >= 15 is 0 Å². The van der Waals surface area contributed by atoms with E-state index in [4.69, 9.17) is 67.1 Å². The number of fused-ring (bicyclic) bond motifs is 1. The molecule has 1 unspecified atom stereocenters. The van der Waals surface area contributed by atoms with E-state index < -0.39 is 17.8 Å². The van der Waals surface area contributed by atoms with Crippen LogP contribution in [0.4, 0.5) is 40.1 Å². The Balaban J connectivity index is 0.000000174. The number of aryl methyl sites for hydroxylation is 2. The van der Waals surface area contributed by atoms with Gasteiger partial charge in [-0.3, -0.25) is 29.7 Å². The molecule has 0 bridgehead atoms. The molecule has 42 heteroatoms. The number of morpholine rings is 8. The van der Waals surface area contributed by atoms with E-state index in [1.54, 1.807) is 6.07 Å². The second-order valence-electron chi connectivity index (χ2n) is 26.2. The molecule has 41 nitrogen and oxygen atoms in total. The van der Waals surface area contributed by atoms with Gasteiger partial charge in [-0.1, -0.05) is 0 Å². The largest absolute Gasteiger partial charge is 0.477 e. The third-order valence-corrected chi connectivity index (χ3v) is 18.8. The van der Waals surface area contributed by atoms with E-state index in [0.717, 1.165) is 148 Å². The minimum atomic E-state index is -1.09. The predicted octanol–water partition coefficient (Wildman–Crippen LogP) is 2.01. The van der Waals surface area contributed by atoms with E-state index in [0.29, 0.717) is 179 Å². The smallest absolute Gasteiger partial charge is 0.357 e. The number of carboxylic acid groups (broad SMARTS) is 1. The topological polar surface area (TPSA) is 458 Å². The van der Waals surface area contributed by atoms with Gasteiger partial charge in [0.15, 0.2) is 11.4 Å². The van der Waals surface area contributed by atoms with Crippen molar-refractivity contribution in [3.8, 4) is 23.5 Å². The lowest BCUT2D eigenvalue weighted by molar-refractivity contribution is 0.0319. The number of benzene rings is 1. The first-order chi connectivity index (χ1) is 54.3. The predicted molar refractivity (Wildman–Crippen MR) is 418 cm³/mol. The summed E-state index contributed by atoms with van der Waals surface area (Å²) in [6, 6.07) is 11.4.